The molecule has 0 spiro atoms. The Kier molecular flexibility index (Phi) is 11.9. The Morgan fingerprint density at radius 3 is 2.17 bits per heavy atom. The average molecular weight is 646 g/mol. The SMILES string of the molecule is CCCCNC(=O)C(Cc1ccccc1)N(Cc1ccc(F)cc1)C(=O)CN(c1cc(C)ccc1OC)S(=O)(=O)c1ccccc1. The Bertz CT molecular complexity index is 1700. The Morgan fingerprint density at radius 1 is 0.891 bits per heavy atom. The highest BCUT2D eigenvalue weighted by Crippen LogP contribution is 2.34. The number of ether oxygens (including phenoxy) is 1. The highest BCUT2D eigenvalue weighted by atomic mass is 32.2. The van der Waals surface area contributed by atoms with Gasteiger partial charge in [0, 0.05) is 19.5 Å². The zero-order valence-electron chi connectivity index (χ0n) is 26.4. The maximum atomic E-state index is 14.6. The van der Waals surface area contributed by atoms with Gasteiger partial charge in [0.25, 0.3) is 10.0 Å². The summed E-state index contributed by atoms with van der Waals surface area (Å²) in [5.74, 6) is -1.15. The quantitative estimate of drug-likeness (QED) is 0.163. The van der Waals surface area contributed by atoms with Gasteiger partial charge >= 0.3 is 0 Å². The van der Waals surface area contributed by atoms with Crippen molar-refractivity contribution in [1.82, 2.24) is 10.2 Å². The maximum Gasteiger partial charge on any atom is 0.264 e. The number of hydrogen-bond acceptors (Lipinski definition) is 5. The summed E-state index contributed by atoms with van der Waals surface area (Å²) in [5, 5.41) is 2.96. The summed E-state index contributed by atoms with van der Waals surface area (Å²) in [6.07, 6.45) is 1.81. The molecule has 4 aromatic rings. The molecule has 4 aromatic carbocycles. The molecule has 0 aliphatic rings. The van der Waals surface area contributed by atoms with Crippen molar-refractivity contribution in [2.24, 2.45) is 0 Å². The molecule has 0 radical (unpaired) electrons. The van der Waals surface area contributed by atoms with Crippen molar-refractivity contribution >= 4 is 27.5 Å². The van der Waals surface area contributed by atoms with Crippen LogP contribution in [0.25, 0.3) is 0 Å². The molecule has 2 amide bonds. The number of benzene rings is 4. The number of halogens is 1. The third kappa shape index (κ3) is 8.72. The fraction of sp³-hybridized carbons (Fsp3) is 0.278. The van der Waals surface area contributed by atoms with E-state index in [0.717, 1.165) is 28.3 Å². The fourth-order valence-corrected chi connectivity index (χ4v) is 6.51. The number of sulfonamides is 1. The van der Waals surface area contributed by atoms with Crippen molar-refractivity contribution < 1.29 is 27.1 Å². The third-order valence-corrected chi connectivity index (χ3v) is 9.35. The molecular formula is C36H40FN3O5S. The smallest absolute Gasteiger partial charge is 0.264 e. The van der Waals surface area contributed by atoms with Crippen LogP contribution < -0.4 is 14.4 Å². The van der Waals surface area contributed by atoms with E-state index in [4.69, 9.17) is 4.74 Å². The Balaban J connectivity index is 1.82. The first-order chi connectivity index (χ1) is 22.1. The highest BCUT2D eigenvalue weighted by molar-refractivity contribution is 7.92. The van der Waals surface area contributed by atoms with Crippen molar-refractivity contribution in [3.8, 4) is 5.75 Å². The molecule has 0 saturated carbocycles. The van der Waals surface area contributed by atoms with E-state index in [1.54, 1.807) is 48.5 Å². The molecule has 1 atom stereocenters. The molecule has 0 bridgehead atoms. The molecule has 0 aliphatic heterocycles. The van der Waals surface area contributed by atoms with Crippen LogP contribution in [-0.2, 0) is 32.6 Å². The lowest BCUT2D eigenvalue weighted by molar-refractivity contribution is -0.140. The number of rotatable bonds is 15. The average Bonchev–Trinajstić information content (AvgIpc) is 3.06. The summed E-state index contributed by atoms with van der Waals surface area (Å²) < 4.78 is 48.9. The van der Waals surface area contributed by atoms with E-state index in [-0.39, 0.29) is 35.2 Å². The predicted octanol–water partition coefficient (Wildman–Crippen LogP) is 5.89. The molecule has 242 valence electrons. The van der Waals surface area contributed by atoms with Gasteiger partial charge in [-0.2, -0.15) is 0 Å². The van der Waals surface area contributed by atoms with Crippen LogP contribution in [0.4, 0.5) is 10.1 Å². The Morgan fingerprint density at radius 2 is 1.54 bits per heavy atom. The first kappa shape index (κ1) is 34.2. The zero-order chi connectivity index (χ0) is 33.1. The van der Waals surface area contributed by atoms with Gasteiger partial charge in [-0.15, -0.1) is 0 Å². The summed E-state index contributed by atoms with van der Waals surface area (Å²) in [4.78, 5) is 29.7. The number of methoxy groups -OCH3 is 1. The van der Waals surface area contributed by atoms with Gasteiger partial charge in [0.05, 0.1) is 17.7 Å². The highest BCUT2D eigenvalue weighted by Gasteiger charge is 2.35. The van der Waals surface area contributed by atoms with E-state index in [1.807, 2.05) is 44.2 Å². The molecule has 8 nitrogen and oxygen atoms in total. The molecule has 1 N–H and O–H groups in total. The van der Waals surface area contributed by atoms with Crippen molar-refractivity contribution in [2.45, 2.75) is 50.6 Å². The fourth-order valence-electron chi connectivity index (χ4n) is 5.07. The van der Waals surface area contributed by atoms with Crippen LogP contribution in [0.3, 0.4) is 0 Å². The first-order valence-electron chi connectivity index (χ1n) is 15.2. The van der Waals surface area contributed by atoms with E-state index in [9.17, 15) is 22.4 Å². The minimum atomic E-state index is -4.28. The molecule has 4 rings (SSSR count). The molecule has 1 unspecified atom stereocenters. The van der Waals surface area contributed by atoms with Gasteiger partial charge in [0.15, 0.2) is 0 Å². The van der Waals surface area contributed by atoms with E-state index in [1.165, 1.54) is 36.3 Å². The number of nitrogens with zero attached hydrogens (tertiary/aromatic N) is 2. The summed E-state index contributed by atoms with van der Waals surface area (Å²) in [5.41, 5.74) is 2.36. The van der Waals surface area contributed by atoms with Crippen molar-refractivity contribution in [1.29, 1.82) is 0 Å². The number of carbonyl (C=O) groups is 2. The first-order valence-corrected chi connectivity index (χ1v) is 16.7. The third-order valence-electron chi connectivity index (χ3n) is 7.58. The molecule has 0 saturated heterocycles. The number of hydrogen-bond donors (Lipinski definition) is 1. The molecule has 10 heteroatoms. The van der Waals surface area contributed by atoms with Crippen LogP contribution in [0.15, 0.2) is 108 Å². The minimum Gasteiger partial charge on any atom is -0.495 e. The lowest BCUT2D eigenvalue weighted by Crippen LogP contribution is -2.53. The van der Waals surface area contributed by atoms with Gasteiger partial charge in [0.2, 0.25) is 11.8 Å². The second-order valence-electron chi connectivity index (χ2n) is 11.0. The van der Waals surface area contributed by atoms with Gasteiger partial charge in [-0.3, -0.25) is 13.9 Å². The molecule has 46 heavy (non-hydrogen) atoms. The molecular weight excluding hydrogens is 605 g/mol. The van der Waals surface area contributed by atoms with Gasteiger partial charge in [0.1, 0.15) is 24.2 Å². The van der Waals surface area contributed by atoms with E-state index in [2.05, 4.69) is 5.32 Å². The van der Waals surface area contributed by atoms with E-state index >= 15 is 0 Å². The van der Waals surface area contributed by atoms with Crippen molar-refractivity contribution in [3.63, 3.8) is 0 Å². The predicted molar refractivity (Wildman–Crippen MR) is 178 cm³/mol. The van der Waals surface area contributed by atoms with Crippen LogP contribution in [0.5, 0.6) is 5.75 Å². The molecule has 0 fully saturated rings. The van der Waals surface area contributed by atoms with Crippen LogP contribution >= 0.6 is 0 Å². The number of nitrogens with one attached hydrogen (secondary N) is 1. The van der Waals surface area contributed by atoms with Crippen LogP contribution in [-0.4, -0.2) is 51.4 Å². The Labute approximate surface area is 270 Å². The lowest BCUT2D eigenvalue weighted by Gasteiger charge is -2.34. The normalized spacial score (nSPS) is 11.8. The van der Waals surface area contributed by atoms with Gasteiger partial charge < -0.3 is 15.0 Å². The summed E-state index contributed by atoms with van der Waals surface area (Å²) in [6.45, 7) is 3.58. The maximum absolute atomic E-state index is 14.6. The molecule has 0 aliphatic carbocycles. The minimum absolute atomic E-state index is 0.00501. The van der Waals surface area contributed by atoms with Crippen molar-refractivity contribution in [3.05, 3.63) is 126 Å². The van der Waals surface area contributed by atoms with E-state index in [0.29, 0.717) is 12.1 Å². The topological polar surface area (TPSA) is 96.0 Å². The summed E-state index contributed by atoms with van der Waals surface area (Å²) in [7, 11) is -2.85. The van der Waals surface area contributed by atoms with Crippen LogP contribution in [0.1, 0.15) is 36.5 Å². The van der Waals surface area contributed by atoms with Crippen molar-refractivity contribution in [2.75, 3.05) is 24.5 Å². The number of unbranched alkanes of at least 4 members (excludes halogenated alkanes) is 1. The van der Waals surface area contributed by atoms with Crippen LogP contribution in [0, 0.1) is 12.7 Å². The largest absolute Gasteiger partial charge is 0.495 e. The second-order valence-corrected chi connectivity index (χ2v) is 12.9. The number of anilines is 1. The van der Waals surface area contributed by atoms with E-state index < -0.39 is 34.3 Å². The standard InChI is InChI=1S/C36H40FN3O5S/c1-4-5-22-38-36(42)33(24-28-12-8-6-9-13-28)39(25-29-17-19-30(37)20-18-29)35(41)26-40(32-23-27(2)16-21-34(32)45-3)46(43,44)31-14-10-7-11-15-31/h6-21,23,33H,4-5,22,24-26H2,1-3H3,(H,38,42). The van der Waals surface area contributed by atoms with Gasteiger partial charge in [-0.25, -0.2) is 12.8 Å². The lowest BCUT2D eigenvalue weighted by atomic mass is 10.0. The zero-order valence-corrected chi connectivity index (χ0v) is 27.2. The summed E-state index contributed by atoms with van der Waals surface area (Å²) in [6, 6.07) is 26.9. The van der Waals surface area contributed by atoms with Gasteiger partial charge in [-0.05, 0) is 66.4 Å². The number of amides is 2. The monoisotopic (exact) mass is 645 g/mol. The molecule has 0 aromatic heterocycles. The Hall–Kier alpha value is -4.70. The summed E-state index contributed by atoms with van der Waals surface area (Å²) >= 11 is 0. The number of aryl methyl sites for hydroxylation is 1. The number of carbonyl (C=O) groups excluding carboxylic acids is 2. The molecule has 0 heterocycles. The van der Waals surface area contributed by atoms with Crippen LogP contribution in [0.2, 0.25) is 0 Å². The van der Waals surface area contributed by atoms with Gasteiger partial charge in [-0.1, -0.05) is 80.1 Å². The second kappa shape index (κ2) is 16.0.